The zero-order valence-corrected chi connectivity index (χ0v) is 13.5. The summed E-state index contributed by atoms with van der Waals surface area (Å²) in [5, 5.41) is 5.87. The molecular weight excluding hydrogens is 278 g/mol. The first-order valence-corrected chi connectivity index (χ1v) is 9.33. The zero-order valence-electron chi connectivity index (χ0n) is 12.7. The molecule has 1 heterocycles. The highest BCUT2D eigenvalue weighted by molar-refractivity contribution is 7.90. The third-order valence-corrected chi connectivity index (χ3v) is 4.62. The van der Waals surface area contributed by atoms with Gasteiger partial charge in [-0.05, 0) is 26.2 Å². The van der Waals surface area contributed by atoms with Gasteiger partial charge in [-0.15, -0.1) is 0 Å². The number of carbonyl (C=O) groups excluding carboxylic acids is 1. The number of nitrogens with zero attached hydrogens (tertiary/aromatic N) is 1. The first kappa shape index (κ1) is 17.2. The maximum absolute atomic E-state index is 11.7. The van der Waals surface area contributed by atoms with Gasteiger partial charge in [0.05, 0.1) is 5.75 Å². The summed E-state index contributed by atoms with van der Waals surface area (Å²) in [6.07, 6.45) is 3.92. The van der Waals surface area contributed by atoms with E-state index in [1.54, 1.807) is 0 Å². The summed E-state index contributed by atoms with van der Waals surface area (Å²) in [7, 11) is -2.89. The van der Waals surface area contributed by atoms with Crippen LogP contribution in [-0.2, 0) is 9.84 Å². The topological polar surface area (TPSA) is 78.5 Å². The van der Waals surface area contributed by atoms with Gasteiger partial charge in [0.2, 0.25) is 0 Å². The molecule has 7 heteroatoms. The van der Waals surface area contributed by atoms with E-state index in [2.05, 4.69) is 15.5 Å². The molecule has 1 atom stereocenters. The summed E-state index contributed by atoms with van der Waals surface area (Å²) >= 11 is 0. The molecule has 1 aliphatic rings. The molecule has 0 aromatic heterocycles. The number of nitrogens with one attached hydrogen (secondary N) is 2. The minimum Gasteiger partial charge on any atom is -0.336 e. The fourth-order valence-electron chi connectivity index (χ4n) is 2.15. The van der Waals surface area contributed by atoms with Gasteiger partial charge in [-0.25, -0.2) is 13.2 Å². The first-order valence-electron chi connectivity index (χ1n) is 7.27. The molecule has 1 fully saturated rings. The monoisotopic (exact) mass is 305 g/mol. The molecule has 1 saturated heterocycles. The predicted octanol–water partition coefficient (Wildman–Crippen LogP) is 0.593. The molecule has 20 heavy (non-hydrogen) atoms. The van der Waals surface area contributed by atoms with Crippen molar-refractivity contribution < 1.29 is 13.2 Å². The Hall–Kier alpha value is -0.820. The highest BCUT2D eigenvalue weighted by Crippen LogP contribution is 2.10. The van der Waals surface area contributed by atoms with E-state index < -0.39 is 9.84 Å². The van der Waals surface area contributed by atoms with Crippen molar-refractivity contribution in [3.8, 4) is 0 Å². The Morgan fingerprint density at radius 3 is 2.45 bits per heavy atom. The SMILES string of the molecule is CC[C@@H](C)NC(=O)NC1CCN(CCS(C)(=O)=O)CC1. The molecule has 0 unspecified atom stereocenters. The van der Waals surface area contributed by atoms with Gasteiger partial charge in [-0.2, -0.15) is 0 Å². The minimum absolute atomic E-state index is 0.103. The van der Waals surface area contributed by atoms with E-state index >= 15 is 0 Å². The molecule has 0 saturated carbocycles. The Kier molecular flexibility index (Phi) is 6.75. The van der Waals surface area contributed by atoms with Gasteiger partial charge in [-0.3, -0.25) is 0 Å². The molecular formula is C13H27N3O3S. The van der Waals surface area contributed by atoms with E-state index in [-0.39, 0.29) is 23.9 Å². The molecule has 2 amide bonds. The smallest absolute Gasteiger partial charge is 0.315 e. The molecule has 6 nitrogen and oxygen atoms in total. The number of sulfone groups is 1. The summed E-state index contributed by atoms with van der Waals surface area (Å²) in [4.78, 5) is 13.8. The van der Waals surface area contributed by atoms with E-state index in [0.29, 0.717) is 6.54 Å². The Morgan fingerprint density at radius 1 is 1.35 bits per heavy atom. The molecule has 1 rings (SSSR count). The molecule has 0 aromatic rings. The molecule has 0 aliphatic carbocycles. The van der Waals surface area contributed by atoms with E-state index in [4.69, 9.17) is 0 Å². The molecule has 2 N–H and O–H groups in total. The highest BCUT2D eigenvalue weighted by atomic mass is 32.2. The summed E-state index contributed by atoms with van der Waals surface area (Å²) in [5.41, 5.74) is 0. The third-order valence-electron chi connectivity index (χ3n) is 3.69. The van der Waals surface area contributed by atoms with Crippen LogP contribution < -0.4 is 10.6 Å². The van der Waals surface area contributed by atoms with Crippen LogP contribution in [0.4, 0.5) is 4.79 Å². The number of amides is 2. The number of hydrogen-bond acceptors (Lipinski definition) is 4. The maximum atomic E-state index is 11.7. The van der Waals surface area contributed by atoms with E-state index in [1.807, 2.05) is 13.8 Å². The van der Waals surface area contributed by atoms with Crippen LogP contribution in [0.5, 0.6) is 0 Å². The van der Waals surface area contributed by atoms with Crippen LogP contribution in [0.1, 0.15) is 33.1 Å². The van der Waals surface area contributed by atoms with Crippen molar-refractivity contribution in [2.75, 3.05) is 31.6 Å². The lowest BCUT2D eigenvalue weighted by Gasteiger charge is -2.32. The molecule has 0 aromatic carbocycles. The van der Waals surface area contributed by atoms with Crippen LogP contribution in [0.25, 0.3) is 0 Å². The summed E-state index contributed by atoms with van der Waals surface area (Å²) in [6.45, 7) is 6.27. The Balaban J connectivity index is 2.23. The standard InChI is InChI=1S/C13H27N3O3S/c1-4-11(2)14-13(17)15-12-5-7-16(8-6-12)9-10-20(3,18)19/h11-12H,4-10H2,1-3H3,(H2,14,15,17)/t11-/m1/s1. The van der Waals surface area contributed by atoms with Crippen LogP contribution in [0, 0.1) is 0 Å². The second-order valence-corrected chi connectivity index (χ2v) is 7.93. The number of urea groups is 1. The number of hydrogen-bond donors (Lipinski definition) is 2. The fraction of sp³-hybridized carbons (Fsp3) is 0.923. The second-order valence-electron chi connectivity index (χ2n) is 5.67. The molecule has 0 spiro atoms. The van der Waals surface area contributed by atoms with Crippen LogP contribution in [0.2, 0.25) is 0 Å². The van der Waals surface area contributed by atoms with Gasteiger partial charge in [0.15, 0.2) is 0 Å². The van der Waals surface area contributed by atoms with Crippen LogP contribution >= 0.6 is 0 Å². The van der Waals surface area contributed by atoms with Gasteiger partial charge >= 0.3 is 6.03 Å². The molecule has 0 bridgehead atoms. The van der Waals surface area contributed by atoms with Gasteiger partial charge < -0.3 is 15.5 Å². The van der Waals surface area contributed by atoms with Crippen LogP contribution in [0.15, 0.2) is 0 Å². The van der Waals surface area contributed by atoms with Crippen molar-refractivity contribution in [2.45, 2.75) is 45.2 Å². The van der Waals surface area contributed by atoms with Crippen LogP contribution in [0.3, 0.4) is 0 Å². The van der Waals surface area contributed by atoms with Crippen molar-refractivity contribution in [2.24, 2.45) is 0 Å². The fourth-order valence-corrected chi connectivity index (χ4v) is 2.74. The Bertz CT molecular complexity index is 403. The van der Waals surface area contributed by atoms with E-state index in [1.165, 1.54) is 6.26 Å². The summed E-state index contributed by atoms with van der Waals surface area (Å²) in [6, 6.07) is 0.271. The minimum atomic E-state index is -2.89. The lowest BCUT2D eigenvalue weighted by atomic mass is 10.1. The summed E-state index contributed by atoms with van der Waals surface area (Å²) < 4.78 is 22.2. The van der Waals surface area contributed by atoms with Gasteiger partial charge in [0.1, 0.15) is 9.84 Å². The van der Waals surface area contributed by atoms with E-state index in [0.717, 1.165) is 32.4 Å². The van der Waals surface area contributed by atoms with Crippen molar-refractivity contribution in [1.29, 1.82) is 0 Å². The summed E-state index contributed by atoms with van der Waals surface area (Å²) in [5.74, 6) is 0.208. The van der Waals surface area contributed by atoms with Crippen molar-refractivity contribution >= 4 is 15.9 Å². The van der Waals surface area contributed by atoms with Crippen LogP contribution in [-0.4, -0.2) is 63.1 Å². The van der Waals surface area contributed by atoms with Crippen molar-refractivity contribution in [1.82, 2.24) is 15.5 Å². The van der Waals surface area contributed by atoms with Gasteiger partial charge in [0.25, 0.3) is 0 Å². The normalized spacial score (nSPS) is 19.6. The zero-order chi connectivity index (χ0) is 15.2. The second kappa shape index (κ2) is 7.83. The average Bonchev–Trinajstić information content (AvgIpc) is 2.36. The largest absolute Gasteiger partial charge is 0.336 e. The van der Waals surface area contributed by atoms with Crippen molar-refractivity contribution in [3.05, 3.63) is 0 Å². The number of piperidine rings is 1. The third kappa shape index (κ3) is 7.09. The molecule has 0 radical (unpaired) electrons. The number of carbonyl (C=O) groups is 1. The quantitative estimate of drug-likeness (QED) is 0.753. The first-order chi connectivity index (χ1) is 9.30. The predicted molar refractivity (Wildman–Crippen MR) is 80.6 cm³/mol. The number of likely N-dealkylation sites (tertiary alicyclic amines) is 1. The Morgan fingerprint density at radius 2 is 1.95 bits per heavy atom. The number of rotatable bonds is 6. The van der Waals surface area contributed by atoms with Crippen molar-refractivity contribution in [3.63, 3.8) is 0 Å². The molecule has 1 aliphatic heterocycles. The maximum Gasteiger partial charge on any atom is 0.315 e. The lowest BCUT2D eigenvalue weighted by Crippen LogP contribution is -2.49. The van der Waals surface area contributed by atoms with Gasteiger partial charge in [0, 0.05) is 38.0 Å². The van der Waals surface area contributed by atoms with Gasteiger partial charge in [-0.1, -0.05) is 6.92 Å². The lowest BCUT2D eigenvalue weighted by molar-refractivity contribution is 0.197. The molecule has 118 valence electrons. The highest BCUT2D eigenvalue weighted by Gasteiger charge is 2.21. The average molecular weight is 305 g/mol. The van der Waals surface area contributed by atoms with E-state index in [9.17, 15) is 13.2 Å². The Labute approximate surface area is 122 Å².